The molecule has 5 aromatic rings. The normalized spacial score (nSPS) is 13.2. The summed E-state index contributed by atoms with van der Waals surface area (Å²) in [6.45, 7) is 27.1. The zero-order chi connectivity index (χ0) is 32.6. The largest absolute Gasteiger partial charge is 0.351 e. The smallest absolute Gasteiger partial charge is 0.323 e. The van der Waals surface area contributed by atoms with Crippen LogP contribution < -0.4 is 5.73 Å². The summed E-state index contributed by atoms with van der Waals surface area (Å²) in [5.74, 6) is 0. The van der Waals surface area contributed by atoms with Gasteiger partial charge in [-0.1, -0.05) is 144 Å². The van der Waals surface area contributed by atoms with E-state index in [0.717, 1.165) is 44.1 Å². The zero-order valence-electron chi connectivity index (χ0n) is 28.9. The van der Waals surface area contributed by atoms with Crippen molar-refractivity contribution in [1.82, 2.24) is 4.57 Å². The third-order valence-electron chi connectivity index (χ3n) is 8.98. The lowest BCUT2D eigenvalue weighted by Gasteiger charge is -2.26. The van der Waals surface area contributed by atoms with Crippen LogP contribution in [-0.2, 0) is 21.7 Å². The predicted octanol–water partition coefficient (Wildman–Crippen LogP) is 11.2. The topological polar surface area (TPSA) is 48.0 Å². The first kappa shape index (κ1) is 31.6. The van der Waals surface area contributed by atoms with Gasteiger partial charge in [0.25, 0.3) is 0 Å². The monoisotopic (exact) mass is 586 g/mol. The van der Waals surface area contributed by atoms with Gasteiger partial charge in [-0.15, -0.1) is 0 Å². The highest BCUT2D eigenvalue weighted by Gasteiger charge is 2.24. The maximum atomic E-state index is 13.1. The average Bonchev–Trinajstić information content (AvgIpc) is 3.23. The molecule has 0 aliphatic rings. The van der Waals surface area contributed by atoms with Crippen LogP contribution in [0.2, 0.25) is 0 Å². The summed E-state index contributed by atoms with van der Waals surface area (Å²) in [5, 5.41) is 2.05. The molecule has 1 amide bonds. The van der Waals surface area contributed by atoms with Gasteiger partial charge in [0, 0.05) is 10.8 Å². The van der Waals surface area contributed by atoms with Crippen molar-refractivity contribution in [3.63, 3.8) is 0 Å². The second-order valence-corrected chi connectivity index (χ2v) is 16.7. The number of amides is 1. The fraction of sp³-hybridized carbons (Fsp3) is 0.390. The number of aromatic nitrogens is 1. The molecule has 0 bridgehead atoms. The summed E-state index contributed by atoms with van der Waals surface area (Å²) in [6.07, 6.45) is 0. The van der Waals surface area contributed by atoms with Crippen molar-refractivity contribution in [2.24, 2.45) is 5.73 Å². The summed E-state index contributed by atoms with van der Waals surface area (Å²) in [5.41, 5.74) is 17.5. The van der Waals surface area contributed by atoms with E-state index in [1.54, 1.807) is 4.57 Å². The molecule has 0 saturated heterocycles. The molecule has 2 N–H and O–H groups in total. The number of rotatable bonds is 2. The molecule has 0 saturated carbocycles. The number of hydrogen-bond donors (Lipinski definition) is 1. The van der Waals surface area contributed by atoms with Crippen molar-refractivity contribution < 1.29 is 4.79 Å². The number of carbonyl (C=O) groups excluding carboxylic acids is 1. The number of carbonyl (C=O) groups is 1. The molecule has 3 heteroatoms. The molecule has 0 spiro atoms. The van der Waals surface area contributed by atoms with Gasteiger partial charge in [0.2, 0.25) is 0 Å². The molecular formula is C41H50N2O. The SMILES string of the molecule is CC(C)(C)c1cc(-c2ccc3c4ccc(-c5cc(C(C)(C)C)cc(C(C)(C)C)c5)cc4n(C(N)=O)c3c2)cc(C(C)(C)C)c1. The van der Waals surface area contributed by atoms with E-state index in [9.17, 15) is 4.79 Å². The molecule has 0 fully saturated rings. The summed E-state index contributed by atoms with van der Waals surface area (Å²) in [7, 11) is 0. The second-order valence-electron chi connectivity index (χ2n) is 16.7. The Bertz CT molecular complexity index is 1710. The minimum absolute atomic E-state index is 0.00970. The fourth-order valence-corrected chi connectivity index (χ4v) is 5.94. The summed E-state index contributed by atoms with van der Waals surface area (Å²) < 4.78 is 1.69. The van der Waals surface area contributed by atoms with Crippen LogP contribution in [0.4, 0.5) is 4.79 Å². The first-order valence-electron chi connectivity index (χ1n) is 15.9. The molecule has 3 nitrogen and oxygen atoms in total. The van der Waals surface area contributed by atoms with Crippen molar-refractivity contribution in [3.05, 3.63) is 95.1 Å². The van der Waals surface area contributed by atoms with E-state index >= 15 is 0 Å². The van der Waals surface area contributed by atoms with Crippen LogP contribution in [0.3, 0.4) is 0 Å². The van der Waals surface area contributed by atoms with Gasteiger partial charge in [-0.25, -0.2) is 4.79 Å². The highest BCUT2D eigenvalue weighted by Crippen LogP contribution is 2.39. The molecule has 44 heavy (non-hydrogen) atoms. The quantitative estimate of drug-likeness (QED) is 0.220. The van der Waals surface area contributed by atoms with Gasteiger partial charge in [-0.2, -0.15) is 0 Å². The van der Waals surface area contributed by atoms with E-state index < -0.39 is 6.03 Å². The van der Waals surface area contributed by atoms with Crippen molar-refractivity contribution in [1.29, 1.82) is 0 Å². The van der Waals surface area contributed by atoms with Crippen LogP contribution in [-0.4, -0.2) is 10.6 Å². The Hall–Kier alpha value is -3.85. The minimum atomic E-state index is -0.475. The van der Waals surface area contributed by atoms with Gasteiger partial charge in [-0.3, -0.25) is 4.57 Å². The average molecular weight is 587 g/mol. The molecule has 230 valence electrons. The molecule has 0 aliphatic carbocycles. The van der Waals surface area contributed by atoms with Crippen molar-refractivity contribution in [2.75, 3.05) is 0 Å². The lowest BCUT2D eigenvalue weighted by Crippen LogP contribution is -2.19. The molecule has 0 unspecified atom stereocenters. The molecule has 0 radical (unpaired) electrons. The minimum Gasteiger partial charge on any atom is -0.351 e. The lowest BCUT2D eigenvalue weighted by molar-refractivity contribution is 0.252. The van der Waals surface area contributed by atoms with Gasteiger partial charge >= 0.3 is 6.03 Å². The van der Waals surface area contributed by atoms with Crippen molar-refractivity contribution >= 4 is 27.8 Å². The Morgan fingerprint density at radius 1 is 0.455 bits per heavy atom. The predicted molar refractivity (Wildman–Crippen MR) is 190 cm³/mol. The first-order chi connectivity index (χ1) is 20.1. The van der Waals surface area contributed by atoms with Crippen LogP contribution in [0.15, 0.2) is 72.8 Å². The Balaban J connectivity index is 1.75. The van der Waals surface area contributed by atoms with Gasteiger partial charge in [0.05, 0.1) is 11.0 Å². The highest BCUT2D eigenvalue weighted by atomic mass is 16.2. The Kier molecular flexibility index (Phi) is 7.44. The van der Waals surface area contributed by atoms with E-state index in [4.69, 9.17) is 5.73 Å². The number of primary amides is 1. The number of hydrogen-bond acceptors (Lipinski definition) is 1. The third-order valence-corrected chi connectivity index (χ3v) is 8.98. The summed E-state index contributed by atoms with van der Waals surface area (Å²) >= 11 is 0. The van der Waals surface area contributed by atoms with Crippen LogP contribution in [0.1, 0.15) is 105 Å². The lowest BCUT2D eigenvalue weighted by atomic mass is 9.79. The summed E-state index contributed by atoms with van der Waals surface area (Å²) in [4.78, 5) is 13.1. The van der Waals surface area contributed by atoms with Gasteiger partial charge in [-0.05, 0) is 78.3 Å². The molecule has 1 heterocycles. The molecule has 0 atom stereocenters. The molecular weight excluding hydrogens is 536 g/mol. The second kappa shape index (κ2) is 10.4. The van der Waals surface area contributed by atoms with E-state index in [0.29, 0.717) is 0 Å². The van der Waals surface area contributed by atoms with Gasteiger partial charge in [0.15, 0.2) is 0 Å². The zero-order valence-corrected chi connectivity index (χ0v) is 28.9. The summed E-state index contributed by atoms with van der Waals surface area (Å²) in [6, 6.07) is 26.3. The first-order valence-corrected chi connectivity index (χ1v) is 15.9. The maximum Gasteiger partial charge on any atom is 0.323 e. The standard InChI is InChI=1S/C41H50N2O/c1-38(2,3)29-17-27(18-30(23-29)39(4,5)6)25-13-15-33-34-16-14-26(22-36(34)43(37(42)44)35(33)21-25)28-19-31(40(7,8)9)24-32(20-28)41(10,11)12/h13-24H,1-12H3,(H2,42,44). The molecule has 4 aromatic carbocycles. The van der Waals surface area contributed by atoms with Crippen LogP contribution >= 0.6 is 0 Å². The Labute approximate surface area is 264 Å². The number of fused-ring (bicyclic) bond motifs is 3. The van der Waals surface area contributed by atoms with Crippen molar-refractivity contribution in [2.45, 2.75) is 105 Å². The van der Waals surface area contributed by atoms with E-state index in [1.807, 2.05) is 0 Å². The van der Waals surface area contributed by atoms with E-state index in [-0.39, 0.29) is 21.7 Å². The third kappa shape index (κ3) is 5.94. The molecule has 1 aromatic heterocycles. The van der Waals surface area contributed by atoms with Crippen molar-refractivity contribution in [3.8, 4) is 22.3 Å². The fourth-order valence-electron chi connectivity index (χ4n) is 5.94. The molecule has 0 aliphatic heterocycles. The highest BCUT2D eigenvalue weighted by molar-refractivity contribution is 6.14. The van der Waals surface area contributed by atoms with Crippen LogP contribution in [0.5, 0.6) is 0 Å². The Morgan fingerprint density at radius 3 is 1.00 bits per heavy atom. The van der Waals surface area contributed by atoms with Gasteiger partial charge in [0.1, 0.15) is 0 Å². The van der Waals surface area contributed by atoms with Crippen LogP contribution in [0.25, 0.3) is 44.1 Å². The van der Waals surface area contributed by atoms with E-state index in [1.165, 1.54) is 22.3 Å². The Morgan fingerprint density at radius 2 is 0.750 bits per heavy atom. The number of nitrogens with zero attached hydrogens (tertiary/aromatic N) is 1. The van der Waals surface area contributed by atoms with Crippen LogP contribution in [0, 0.1) is 0 Å². The van der Waals surface area contributed by atoms with E-state index in [2.05, 4.69) is 156 Å². The molecule has 5 rings (SSSR count). The number of nitrogens with two attached hydrogens (primary N) is 1. The number of benzene rings is 4. The maximum absolute atomic E-state index is 13.1. The van der Waals surface area contributed by atoms with Gasteiger partial charge < -0.3 is 5.73 Å².